The number of rotatable bonds is 3. The van der Waals surface area contributed by atoms with Crippen LogP contribution < -0.4 is 10.5 Å². The predicted octanol–water partition coefficient (Wildman–Crippen LogP) is 0.999. The third-order valence-corrected chi connectivity index (χ3v) is 3.47. The summed E-state index contributed by atoms with van der Waals surface area (Å²) in [4.78, 5) is 7.10. The van der Waals surface area contributed by atoms with Crippen molar-refractivity contribution in [3.63, 3.8) is 0 Å². The molecule has 18 heavy (non-hydrogen) atoms. The van der Waals surface area contributed by atoms with Crippen LogP contribution in [0.15, 0.2) is 41.8 Å². The van der Waals surface area contributed by atoms with Gasteiger partial charge in [-0.25, -0.2) is 22.8 Å². The van der Waals surface area contributed by atoms with Crippen LogP contribution in [0.1, 0.15) is 0 Å². The van der Waals surface area contributed by atoms with Gasteiger partial charge in [-0.15, -0.1) is 0 Å². The first-order valence-electron chi connectivity index (χ1n) is 4.82. The minimum Gasteiger partial charge on any atom is -0.396 e. The Morgan fingerprint density at radius 1 is 1.22 bits per heavy atom. The highest BCUT2D eigenvalue weighted by Gasteiger charge is 2.16. The molecule has 6 nitrogen and oxygen atoms in total. The second kappa shape index (κ2) is 4.57. The van der Waals surface area contributed by atoms with Gasteiger partial charge in [-0.1, -0.05) is 0 Å². The van der Waals surface area contributed by atoms with Gasteiger partial charge >= 0.3 is 0 Å². The number of aromatic nitrogens is 2. The Bertz CT molecular complexity index is 661. The molecule has 0 saturated carbocycles. The molecule has 0 aliphatic carbocycles. The van der Waals surface area contributed by atoms with Gasteiger partial charge in [0.2, 0.25) is 0 Å². The normalized spacial score (nSPS) is 11.2. The fourth-order valence-corrected chi connectivity index (χ4v) is 2.28. The lowest BCUT2D eigenvalue weighted by Crippen LogP contribution is -2.13. The van der Waals surface area contributed by atoms with Crippen LogP contribution in [0.2, 0.25) is 0 Å². The highest BCUT2D eigenvalue weighted by atomic mass is 32.2. The number of anilines is 2. The Morgan fingerprint density at radius 2 is 1.89 bits per heavy atom. The van der Waals surface area contributed by atoms with Crippen LogP contribution in [-0.4, -0.2) is 18.4 Å². The average Bonchev–Trinajstić information content (AvgIpc) is 2.33. The van der Waals surface area contributed by atoms with Gasteiger partial charge < -0.3 is 5.73 Å². The SMILES string of the molecule is Nc1ccc(S(=O)(=O)Nc2cncnc2)cc1F. The Balaban J connectivity index is 2.34. The molecule has 0 aliphatic heterocycles. The Morgan fingerprint density at radius 3 is 2.50 bits per heavy atom. The molecule has 1 aromatic heterocycles. The van der Waals surface area contributed by atoms with Gasteiger partial charge in [0.15, 0.2) is 0 Å². The summed E-state index contributed by atoms with van der Waals surface area (Å²) in [6, 6.07) is 3.25. The molecular formula is C10H9FN4O2S. The monoisotopic (exact) mass is 268 g/mol. The molecule has 0 radical (unpaired) electrons. The number of sulfonamides is 1. The Labute approximate surface area is 103 Å². The van der Waals surface area contributed by atoms with Crippen molar-refractivity contribution in [3.05, 3.63) is 42.7 Å². The van der Waals surface area contributed by atoms with Crippen LogP contribution >= 0.6 is 0 Å². The number of nitrogens with zero attached hydrogens (tertiary/aromatic N) is 2. The second-order valence-electron chi connectivity index (χ2n) is 3.42. The Hall–Kier alpha value is -2.22. The van der Waals surface area contributed by atoms with Crippen molar-refractivity contribution in [2.24, 2.45) is 0 Å². The van der Waals surface area contributed by atoms with Gasteiger partial charge in [-0.05, 0) is 18.2 Å². The lowest BCUT2D eigenvalue weighted by Gasteiger charge is -2.07. The van der Waals surface area contributed by atoms with E-state index in [1.807, 2.05) is 0 Å². The smallest absolute Gasteiger partial charge is 0.262 e. The molecule has 1 heterocycles. The Kier molecular flexibility index (Phi) is 3.11. The number of halogens is 1. The summed E-state index contributed by atoms with van der Waals surface area (Å²) >= 11 is 0. The van der Waals surface area contributed by atoms with Crippen LogP contribution in [0.3, 0.4) is 0 Å². The largest absolute Gasteiger partial charge is 0.396 e. The van der Waals surface area contributed by atoms with E-state index < -0.39 is 15.8 Å². The van der Waals surface area contributed by atoms with Gasteiger partial charge in [0.25, 0.3) is 10.0 Å². The molecule has 0 unspecified atom stereocenters. The van der Waals surface area contributed by atoms with Gasteiger partial charge in [-0.3, -0.25) is 4.72 Å². The fourth-order valence-electron chi connectivity index (χ4n) is 1.24. The van der Waals surface area contributed by atoms with E-state index in [1.165, 1.54) is 30.9 Å². The molecule has 0 bridgehead atoms. The molecule has 0 spiro atoms. The highest BCUT2D eigenvalue weighted by Crippen LogP contribution is 2.18. The van der Waals surface area contributed by atoms with E-state index in [2.05, 4.69) is 14.7 Å². The zero-order valence-corrected chi connectivity index (χ0v) is 9.86. The lowest BCUT2D eigenvalue weighted by molar-refractivity contribution is 0.596. The number of nitrogen functional groups attached to an aromatic ring is 1. The number of hydrogen-bond acceptors (Lipinski definition) is 5. The van der Waals surface area contributed by atoms with Crippen molar-refractivity contribution in [2.75, 3.05) is 10.5 Å². The van der Waals surface area contributed by atoms with Crippen molar-refractivity contribution in [2.45, 2.75) is 4.90 Å². The number of benzene rings is 1. The summed E-state index contributed by atoms with van der Waals surface area (Å²) < 4.78 is 39.2. The van der Waals surface area contributed by atoms with Crippen molar-refractivity contribution < 1.29 is 12.8 Å². The van der Waals surface area contributed by atoms with E-state index in [0.717, 1.165) is 6.07 Å². The maximum Gasteiger partial charge on any atom is 0.262 e. The predicted molar refractivity (Wildman–Crippen MR) is 63.7 cm³/mol. The van der Waals surface area contributed by atoms with Gasteiger partial charge in [0, 0.05) is 0 Å². The van der Waals surface area contributed by atoms with Crippen molar-refractivity contribution in [1.82, 2.24) is 9.97 Å². The zero-order valence-electron chi connectivity index (χ0n) is 9.04. The van der Waals surface area contributed by atoms with E-state index in [1.54, 1.807) is 0 Å². The average molecular weight is 268 g/mol. The number of nitrogens with one attached hydrogen (secondary N) is 1. The van der Waals surface area contributed by atoms with Crippen LogP contribution in [0.5, 0.6) is 0 Å². The molecule has 1 aromatic carbocycles. The third kappa shape index (κ3) is 2.54. The van der Waals surface area contributed by atoms with Gasteiger partial charge in [-0.2, -0.15) is 0 Å². The maximum atomic E-state index is 13.2. The summed E-state index contributed by atoms with van der Waals surface area (Å²) in [5, 5.41) is 0. The van der Waals surface area contributed by atoms with Crippen LogP contribution in [0, 0.1) is 5.82 Å². The van der Waals surface area contributed by atoms with Crippen molar-refractivity contribution >= 4 is 21.4 Å². The summed E-state index contributed by atoms with van der Waals surface area (Å²) in [7, 11) is -3.88. The van der Waals surface area contributed by atoms with Crippen LogP contribution in [0.4, 0.5) is 15.8 Å². The second-order valence-corrected chi connectivity index (χ2v) is 5.10. The minimum absolute atomic E-state index is 0.114. The van der Waals surface area contributed by atoms with E-state index in [0.29, 0.717) is 0 Å². The molecule has 0 fully saturated rings. The lowest BCUT2D eigenvalue weighted by atomic mass is 10.3. The summed E-state index contributed by atoms with van der Waals surface area (Å²) in [6.07, 6.45) is 3.84. The van der Waals surface area contributed by atoms with E-state index >= 15 is 0 Å². The summed E-state index contributed by atoms with van der Waals surface area (Å²) in [6.45, 7) is 0. The van der Waals surface area contributed by atoms with E-state index in [-0.39, 0.29) is 16.3 Å². The first-order valence-corrected chi connectivity index (χ1v) is 6.30. The topological polar surface area (TPSA) is 98.0 Å². The first-order chi connectivity index (χ1) is 8.49. The zero-order chi connectivity index (χ0) is 13.2. The molecular weight excluding hydrogens is 259 g/mol. The summed E-state index contributed by atoms with van der Waals surface area (Å²) in [5.74, 6) is -0.790. The molecule has 0 aliphatic rings. The summed E-state index contributed by atoms with van der Waals surface area (Å²) in [5.41, 5.74) is 5.35. The maximum absolute atomic E-state index is 13.2. The van der Waals surface area contributed by atoms with Crippen LogP contribution in [-0.2, 0) is 10.0 Å². The number of hydrogen-bond donors (Lipinski definition) is 2. The molecule has 0 amide bonds. The van der Waals surface area contributed by atoms with E-state index in [4.69, 9.17) is 5.73 Å². The fraction of sp³-hybridized carbons (Fsp3) is 0. The molecule has 2 aromatic rings. The van der Waals surface area contributed by atoms with Crippen molar-refractivity contribution in [1.29, 1.82) is 0 Å². The molecule has 0 atom stereocenters. The molecule has 94 valence electrons. The van der Waals surface area contributed by atoms with Gasteiger partial charge in [0.05, 0.1) is 28.7 Å². The molecule has 0 saturated heterocycles. The van der Waals surface area contributed by atoms with Crippen molar-refractivity contribution in [3.8, 4) is 0 Å². The van der Waals surface area contributed by atoms with Crippen LogP contribution in [0.25, 0.3) is 0 Å². The first kappa shape index (κ1) is 12.2. The van der Waals surface area contributed by atoms with Gasteiger partial charge in [0.1, 0.15) is 12.1 Å². The number of nitrogens with two attached hydrogens (primary N) is 1. The molecule has 3 N–H and O–H groups in total. The third-order valence-electron chi connectivity index (χ3n) is 2.10. The molecule has 8 heteroatoms. The standard InChI is InChI=1S/C10H9FN4O2S/c11-9-3-8(1-2-10(9)12)18(16,17)15-7-4-13-6-14-5-7/h1-6,15H,12H2. The minimum atomic E-state index is -3.88. The highest BCUT2D eigenvalue weighted by molar-refractivity contribution is 7.92. The quantitative estimate of drug-likeness (QED) is 0.809. The molecule has 2 rings (SSSR count). The van der Waals surface area contributed by atoms with E-state index in [9.17, 15) is 12.8 Å².